The Morgan fingerprint density at radius 2 is 1.83 bits per heavy atom. The van der Waals surface area contributed by atoms with Gasteiger partial charge in [-0.15, -0.1) is 0 Å². The Kier molecular flexibility index (Phi) is 4.52. The van der Waals surface area contributed by atoms with E-state index in [1.165, 1.54) is 4.31 Å². The van der Waals surface area contributed by atoms with E-state index < -0.39 is 10.0 Å². The number of amides is 1. The Balaban J connectivity index is 1.76. The fourth-order valence-electron chi connectivity index (χ4n) is 3.35. The molecule has 1 aliphatic carbocycles. The quantitative estimate of drug-likeness (QED) is 0.814. The van der Waals surface area contributed by atoms with Gasteiger partial charge in [0.25, 0.3) is 5.91 Å². The first-order valence-corrected chi connectivity index (χ1v) is 9.88. The number of carbonyl (C=O) groups excluding carboxylic acids is 2. The minimum absolute atomic E-state index is 0.0374. The van der Waals surface area contributed by atoms with Crippen molar-refractivity contribution in [3.8, 4) is 0 Å². The number of furan rings is 1. The highest BCUT2D eigenvalue weighted by Gasteiger charge is 2.33. The molecule has 1 amide bonds. The first kappa shape index (κ1) is 17.2. The Labute approximate surface area is 141 Å². The molecule has 8 heteroatoms. The summed E-state index contributed by atoms with van der Waals surface area (Å²) in [6.45, 7) is 4.60. The van der Waals surface area contributed by atoms with Crippen molar-refractivity contribution in [3.63, 3.8) is 0 Å². The van der Waals surface area contributed by atoms with Gasteiger partial charge in [-0.25, -0.2) is 8.42 Å². The Morgan fingerprint density at radius 1 is 1.17 bits per heavy atom. The maximum absolute atomic E-state index is 12.7. The average Bonchev–Trinajstić information content (AvgIpc) is 2.92. The van der Waals surface area contributed by atoms with E-state index in [2.05, 4.69) is 0 Å². The molecule has 1 fully saturated rings. The van der Waals surface area contributed by atoms with Crippen molar-refractivity contribution in [1.29, 1.82) is 0 Å². The number of hydrogen-bond donors (Lipinski definition) is 0. The maximum Gasteiger partial charge on any atom is 0.289 e. The van der Waals surface area contributed by atoms with Crippen LogP contribution in [0, 0.1) is 6.92 Å². The predicted octanol–water partition coefficient (Wildman–Crippen LogP) is 1.21. The fraction of sp³-hybridized carbons (Fsp3) is 0.625. The molecule has 1 aromatic heterocycles. The molecule has 0 saturated carbocycles. The van der Waals surface area contributed by atoms with Crippen LogP contribution in [0.1, 0.15) is 52.0 Å². The molecular weight excluding hydrogens is 332 g/mol. The van der Waals surface area contributed by atoms with Gasteiger partial charge in [0.1, 0.15) is 5.76 Å². The number of fused-ring (bicyclic) bond motifs is 1. The van der Waals surface area contributed by atoms with Crippen LogP contribution in [0.4, 0.5) is 0 Å². The third-order valence-electron chi connectivity index (χ3n) is 4.78. The maximum atomic E-state index is 12.7. The van der Waals surface area contributed by atoms with Crippen molar-refractivity contribution >= 4 is 21.7 Å². The van der Waals surface area contributed by atoms with Crippen LogP contribution in [0.3, 0.4) is 0 Å². The molecule has 1 aliphatic heterocycles. The van der Waals surface area contributed by atoms with Crippen LogP contribution < -0.4 is 0 Å². The summed E-state index contributed by atoms with van der Waals surface area (Å²) in [5.74, 6) is 0.674. The number of Topliss-reactive ketones (excluding diaryl/α,β-unsaturated/α-hetero) is 1. The smallest absolute Gasteiger partial charge is 0.289 e. The minimum atomic E-state index is -3.23. The lowest BCUT2D eigenvalue weighted by atomic mass is 9.94. The van der Waals surface area contributed by atoms with Crippen LogP contribution in [-0.2, 0) is 16.4 Å². The van der Waals surface area contributed by atoms with Gasteiger partial charge in [0, 0.05) is 44.6 Å². The largest absolute Gasteiger partial charge is 0.455 e. The zero-order valence-electron chi connectivity index (χ0n) is 14.0. The summed E-state index contributed by atoms with van der Waals surface area (Å²) >= 11 is 0. The van der Waals surface area contributed by atoms with Gasteiger partial charge < -0.3 is 9.32 Å². The standard InChI is InChI=1S/C16H22N2O5S/c1-3-24(21,22)18-9-7-17(8-10-18)16(20)15-11(2)14-12(19)5-4-6-13(14)23-15/h3-10H2,1-2H3. The molecule has 0 spiro atoms. The molecule has 24 heavy (non-hydrogen) atoms. The van der Waals surface area contributed by atoms with Crippen LogP contribution in [0.5, 0.6) is 0 Å². The number of piperazine rings is 1. The molecule has 0 radical (unpaired) electrons. The van der Waals surface area contributed by atoms with E-state index in [0.29, 0.717) is 55.9 Å². The lowest BCUT2D eigenvalue weighted by molar-refractivity contribution is 0.0662. The molecule has 1 aromatic rings. The molecule has 2 aliphatic rings. The topological polar surface area (TPSA) is 87.9 Å². The minimum Gasteiger partial charge on any atom is -0.455 e. The average molecular weight is 354 g/mol. The second kappa shape index (κ2) is 6.33. The van der Waals surface area contributed by atoms with Gasteiger partial charge in [-0.2, -0.15) is 4.31 Å². The summed E-state index contributed by atoms with van der Waals surface area (Å²) in [4.78, 5) is 26.4. The monoisotopic (exact) mass is 354 g/mol. The number of rotatable bonds is 3. The highest BCUT2D eigenvalue weighted by molar-refractivity contribution is 7.89. The van der Waals surface area contributed by atoms with Crippen LogP contribution in [-0.4, -0.2) is 61.2 Å². The Hall–Kier alpha value is -1.67. The normalized spacial score (nSPS) is 19.4. The Bertz CT molecular complexity index is 773. The van der Waals surface area contributed by atoms with Gasteiger partial charge in [0.05, 0.1) is 11.3 Å². The molecular formula is C16H22N2O5S. The second-order valence-corrected chi connectivity index (χ2v) is 8.48. The SMILES string of the molecule is CCS(=O)(=O)N1CCN(C(=O)c2oc3c(c2C)C(=O)CCC3)CC1. The van der Waals surface area contributed by atoms with Gasteiger partial charge in [-0.05, 0) is 20.3 Å². The molecule has 132 valence electrons. The molecule has 0 aromatic carbocycles. The van der Waals surface area contributed by atoms with E-state index in [1.807, 2.05) is 0 Å². The number of sulfonamides is 1. The summed E-state index contributed by atoms with van der Waals surface area (Å²) in [5.41, 5.74) is 1.18. The molecule has 1 saturated heterocycles. The van der Waals surface area contributed by atoms with Crippen molar-refractivity contribution < 1.29 is 22.4 Å². The van der Waals surface area contributed by atoms with Gasteiger partial charge in [-0.3, -0.25) is 9.59 Å². The molecule has 3 rings (SSSR count). The van der Waals surface area contributed by atoms with Gasteiger partial charge in [-0.1, -0.05) is 0 Å². The van der Waals surface area contributed by atoms with Crippen LogP contribution in [0.2, 0.25) is 0 Å². The third kappa shape index (κ3) is 2.88. The van der Waals surface area contributed by atoms with E-state index in [0.717, 1.165) is 6.42 Å². The lowest BCUT2D eigenvalue weighted by Crippen LogP contribution is -2.50. The molecule has 0 unspecified atom stereocenters. The van der Waals surface area contributed by atoms with E-state index in [9.17, 15) is 18.0 Å². The van der Waals surface area contributed by atoms with Gasteiger partial charge in [0.15, 0.2) is 11.5 Å². The first-order valence-electron chi connectivity index (χ1n) is 8.27. The number of hydrogen-bond acceptors (Lipinski definition) is 5. The zero-order valence-corrected chi connectivity index (χ0v) is 14.8. The van der Waals surface area contributed by atoms with Crippen LogP contribution in [0.15, 0.2) is 4.42 Å². The van der Waals surface area contributed by atoms with Crippen molar-refractivity contribution in [2.45, 2.75) is 33.1 Å². The van der Waals surface area contributed by atoms with Crippen molar-refractivity contribution in [2.75, 3.05) is 31.9 Å². The first-order chi connectivity index (χ1) is 11.3. The number of nitrogens with zero attached hydrogens (tertiary/aromatic N) is 2. The molecule has 7 nitrogen and oxygen atoms in total. The molecule has 0 atom stereocenters. The summed E-state index contributed by atoms with van der Waals surface area (Å²) < 4.78 is 30.9. The zero-order chi connectivity index (χ0) is 17.5. The van der Waals surface area contributed by atoms with E-state index in [1.54, 1.807) is 18.7 Å². The summed E-state index contributed by atoms with van der Waals surface area (Å²) in [7, 11) is -3.23. The Morgan fingerprint density at radius 3 is 2.42 bits per heavy atom. The van der Waals surface area contributed by atoms with Gasteiger partial charge >= 0.3 is 0 Å². The van der Waals surface area contributed by atoms with Crippen LogP contribution >= 0.6 is 0 Å². The van der Waals surface area contributed by atoms with Crippen molar-refractivity contribution in [3.05, 3.63) is 22.6 Å². The summed E-state index contributed by atoms with van der Waals surface area (Å²) in [6, 6.07) is 0. The van der Waals surface area contributed by atoms with Crippen molar-refractivity contribution in [2.24, 2.45) is 0 Å². The van der Waals surface area contributed by atoms with Crippen molar-refractivity contribution in [1.82, 2.24) is 9.21 Å². The summed E-state index contributed by atoms with van der Waals surface area (Å²) in [6.07, 6.45) is 1.92. The molecule has 2 heterocycles. The summed E-state index contributed by atoms with van der Waals surface area (Å²) in [5, 5.41) is 0. The predicted molar refractivity (Wildman–Crippen MR) is 87.7 cm³/mol. The van der Waals surface area contributed by atoms with Gasteiger partial charge in [0.2, 0.25) is 10.0 Å². The molecule has 0 bridgehead atoms. The fourth-order valence-corrected chi connectivity index (χ4v) is 4.43. The second-order valence-electron chi connectivity index (χ2n) is 6.22. The van der Waals surface area contributed by atoms with Crippen LogP contribution in [0.25, 0.3) is 0 Å². The number of aryl methyl sites for hydroxylation is 1. The highest BCUT2D eigenvalue weighted by Crippen LogP contribution is 2.30. The third-order valence-corrected chi connectivity index (χ3v) is 6.67. The highest BCUT2D eigenvalue weighted by atomic mass is 32.2. The van der Waals surface area contributed by atoms with E-state index >= 15 is 0 Å². The van der Waals surface area contributed by atoms with E-state index in [-0.39, 0.29) is 23.2 Å². The number of carbonyl (C=O) groups is 2. The molecule has 0 N–H and O–H groups in total. The lowest BCUT2D eigenvalue weighted by Gasteiger charge is -2.33. The van der Waals surface area contributed by atoms with E-state index in [4.69, 9.17) is 4.42 Å². The number of ketones is 1.